The summed E-state index contributed by atoms with van der Waals surface area (Å²) in [4.78, 5) is 0. The molecule has 0 aromatic rings. The van der Waals surface area contributed by atoms with Crippen molar-refractivity contribution in [3.05, 3.63) is 24.0 Å². The third-order valence-electron chi connectivity index (χ3n) is 6.47. The second kappa shape index (κ2) is 11.7. The van der Waals surface area contributed by atoms with Gasteiger partial charge in [-0.15, -0.1) is 0 Å². The Kier molecular flexibility index (Phi) is 11.0. The van der Waals surface area contributed by atoms with Crippen LogP contribution in [-0.4, -0.2) is 23.7 Å². The summed E-state index contributed by atoms with van der Waals surface area (Å²) in [7, 11) is -4.97. The number of nitrogens with zero attached hydrogens (tertiary/aromatic N) is 1. The summed E-state index contributed by atoms with van der Waals surface area (Å²) in [6, 6.07) is 4.08. The topological polar surface area (TPSA) is 21.6 Å². The normalized spacial score (nSPS) is 15.6. The summed E-state index contributed by atoms with van der Waals surface area (Å²) >= 11 is 0. The highest BCUT2D eigenvalue weighted by Crippen LogP contribution is 2.71. The lowest BCUT2D eigenvalue weighted by Gasteiger charge is -2.49. The Balaban J connectivity index is 3.65. The molecule has 6 heteroatoms. The molecule has 0 unspecified atom stereocenters. The minimum absolute atomic E-state index is 0.977. The van der Waals surface area contributed by atoms with Gasteiger partial charge in [0.1, 0.15) is 21.2 Å². The number of unbranched alkanes of at least 4 members (excludes halogenated alkanes) is 3. The molecule has 0 aromatic heterocycles. The lowest BCUT2D eigenvalue weighted by Crippen LogP contribution is -2.43. The van der Waals surface area contributed by atoms with Gasteiger partial charge in [0, 0.05) is 6.42 Å². The van der Waals surface area contributed by atoms with Crippen molar-refractivity contribution in [2.24, 2.45) is 4.41 Å². The fraction of sp³-hybridized carbons (Fsp3) is 0.826. The second-order valence-corrected chi connectivity index (χ2v) is 37.5. The molecule has 2 nitrogen and oxygen atoms in total. The molecule has 29 heavy (non-hydrogen) atoms. The van der Waals surface area contributed by atoms with E-state index in [0.717, 1.165) is 6.42 Å². The zero-order valence-corrected chi connectivity index (χ0v) is 25.0. The van der Waals surface area contributed by atoms with Crippen LogP contribution in [-0.2, 0) is 4.52 Å². The van der Waals surface area contributed by atoms with Crippen molar-refractivity contribution in [1.29, 1.82) is 0 Å². The molecule has 0 heterocycles. The van der Waals surface area contributed by atoms with Crippen molar-refractivity contribution < 1.29 is 4.52 Å². The number of hydrogen-bond acceptors (Lipinski definition) is 2. The van der Waals surface area contributed by atoms with Crippen LogP contribution < -0.4 is 0 Å². The average Bonchev–Trinajstić information content (AvgIpc) is 3.15. The van der Waals surface area contributed by atoms with Crippen LogP contribution in [0.25, 0.3) is 0 Å². The van der Waals surface area contributed by atoms with Crippen molar-refractivity contribution in [1.82, 2.24) is 0 Å². The third kappa shape index (κ3) is 7.36. The Morgan fingerprint density at radius 3 is 1.72 bits per heavy atom. The van der Waals surface area contributed by atoms with Crippen molar-refractivity contribution in [3.63, 3.8) is 0 Å². The molecule has 0 saturated carbocycles. The van der Waals surface area contributed by atoms with E-state index in [1.165, 1.54) is 62.4 Å². The summed E-state index contributed by atoms with van der Waals surface area (Å²) in [5.74, 6) is 1.22. The van der Waals surface area contributed by atoms with Gasteiger partial charge in [0.05, 0.1) is 6.38 Å². The second-order valence-electron chi connectivity index (χ2n) is 10.8. The third-order valence-corrected chi connectivity index (χ3v) is 42.7. The maximum atomic E-state index is 7.34. The Labute approximate surface area is 185 Å². The van der Waals surface area contributed by atoms with Gasteiger partial charge in [-0.1, -0.05) is 97.6 Å². The highest BCUT2D eigenvalue weighted by atomic mass is 31.7. The molecule has 1 aliphatic rings. The maximum Gasteiger partial charge on any atom is 0.176 e. The Morgan fingerprint density at radius 2 is 1.31 bits per heavy atom. The lowest BCUT2D eigenvalue weighted by atomic mass is 10.4. The fourth-order valence-electron chi connectivity index (χ4n) is 4.59. The number of allylic oxidation sites excluding steroid dienone is 3. The van der Waals surface area contributed by atoms with E-state index in [0.29, 0.717) is 0 Å². The molecule has 1 aliphatic carbocycles. The van der Waals surface area contributed by atoms with Crippen LogP contribution >= 0.6 is 6.38 Å². The van der Waals surface area contributed by atoms with E-state index < -0.39 is 30.1 Å². The van der Waals surface area contributed by atoms with E-state index in [-0.39, 0.29) is 0 Å². The van der Waals surface area contributed by atoms with Crippen LogP contribution in [0.15, 0.2) is 28.4 Å². The molecular weight excluding hydrogens is 421 g/mol. The molecule has 0 amide bonds. The van der Waals surface area contributed by atoms with Crippen LogP contribution in [0.5, 0.6) is 0 Å². The SMILES string of the molecule is CCCC[Si](C)(C)N=P(OC1=CC=CC1)([Si](C)(C)CCCC)[Si](C)(C)CCCC. The van der Waals surface area contributed by atoms with Gasteiger partial charge in [-0.05, 0) is 37.3 Å². The van der Waals surface area contributed by atoms with Crippen molar-refractivity contribution in [2.45, 2.75) is 123 Å². The molecule has 0 bridgehead atoms. The molecule has 0 atom stereocenters. The largest absolute Gasteiger partial charge is 0.474 e. The summed E-state index contributed by atoms with van der Waals surface area (Å²) in [5, 5.41) is 0. The van der Waals surface area contributed by atoms with Crippen molar-refractivity contribution in [2.75, 3.05) is 0 Å². The Bertz CT molecular complexity index is 600. The smallest absolute Gasteiger partial charge is 0.176 e. The lowest BCUT2D eigenvalue weighted by molar-refractivity contribution is 0.471. The van der Waals surface area contributed by atoms with Crippen LogP contribution in [0, 0.1) is 0 Å². The van der Waals surface area contributed by atoms with Gasteiger partial charge in [-0.25, -0.2) is 0 Å². The molecule has 1 rings (SSSR count). The zero-order chi connectivity index (χ0) is 22.2. The fourth-order valence-corrected chi connectivity index (χ4v) is 53.6. The van der Waals surface area contributed by atoms with Gasteiger partial charge in [0.15, 0.2) is 8.24 Å². The zero-order valence-electron chi connectivity index (χ0n) is 21.1. The summed E-state index contributed by atoms with van der Waals surface area (Å²) in [6.45, 7) is 22.6. The highest BCUT2D eigenvalue weighted by Gasteiger charge is 2.53. The first-order valence-corrected chi connectivity index (χ1v) is 25.1. The van der Waals surface area contributed by atoms with E-state index in [1.54, 1.807) is 0 Å². The molecule has 0 radical (unpaired) electrons. The average molecular weight is 472 g/mol. The van der Waals surface area contributed by atoms with Gasteiger partial charge >= 0.3 is 0 Å². The maximum absolute atomic E-state index is 7.34. The molecule has 0 saturated heterocycles. The summed E-state index contributed by atoms with van der Waals surface area (Å²) < 4.78 is 13.4. The van der Waals surface area contributed by atoms with E-state index in [1.807, 2.05) is 0 Å². The van der Waals surface area contributed by atoms with Gasteiger partial charge in [-0.2, -0.15) is 0 Å². The Hall–Kier alpha value is 0.161. The van der Waals surface area contributed by atoms with Crippen LogP contribution in [0.4, 0.5) is 0 Å². The van der Waals surface area contributed by atoms with E-state index in [9.17, 15) is 0 Å². The summed E-state index contributed by atoms with van der Waals surface area (Å²) in [5.41, 5.74) is 0. The van der Waals surface area contributed by atoms with Gasteiger partial charge < -0.3 is 8.93 Å². The minimum Gasteiger partial charge on any atom is -0.474 e. The molecule has 0 N–H and O–H groups in total. The van der Waals surface area contributed by atoms with Gasteiger partial charge in [0.2, 0.25) is 0 Å². The molecule has 0 aromatic carbocycles. The molecule has 0 aliphatic heterocycles. The first-order valence-electron chi connectivity index (χ1n) is 12.2. The predicted molar refractivity (Wildman–Crippen MR) is 144 cm³/mol. The molecular formula is C23H50NOPSi3. The molecule has 170 valence electrons. The van der Waals surface area contributed by atoms with Crippen LogP contribution in [0.2, 0.25) is 57.4 Å². The monoisotopic (exact) mass is 471 g/mol. The predicted octanol–water partition coefficient (Wildman–Crippen LogP) is 9.98. The van der Waals surface area contributed by atoms with Crippen molar-refractivity contribution in [3.8, 4) is 0 Å². The van der Waals surface area contributed by atoms with Gasteiger partial charge in [-0.3, -0.25) is 0 Å². The molecule has 0 fully saturated rings. The summed E-state index contributed by atoms with van der Waals surface area (Å²) in [6.07, 6.45) is 13.7. The van der Waals surface area contributed by atoms with Crippen LogP contribution in [0.3, 0.4) is 0 Å². The van der Waals surface area contributed by atoms with E-state index in [4.69, 9.17) is 8.93 Å². The quantitative estimate of drug-likeness (QED) is 0.182. The highest BCUT2D eigenvalue weighted by molar-refractivity contribution is 8.21. The van der Waals surface area contributed by atoms with E-state index >= 15 is 0 Å². The Morgan fingerprint density at radius 1 is 0.828 bits per heavy atom. The van der Waals surface area contributed by atoms with Gasteiger partial charge in [0.25, 0.3) is 0 Å². The van der Waals surface area contributed by atoms with Crippen LogP contribution in [0.1, 0.15) is 65.7 Å². The van der Waals surface area contributed by atoms with Crippen molar-refractivity contribution >= 4 is 30.1 Å². The standard InChI is InChI=1S/C23H50NOPSi3/c1-10-13-20-27(4,5)24-26(25-23-18-16-17-19-23,28(6,7)21-14-11-2)29(8,9)22-15-12-3/h16-18H,10-15,19-22H2,1-9H3. The number of rotatable bonds is 14. The first-order chi connectivity index (χ1) is 13.5. The first kappa shape index (κ1) is 27.2. The van der Waals surface area contributed by atoms with E-state index in [2.05, 4.69) is 78.3 Å². The number of hydrogen-bond donors (Lipinski definition) is 0. The minimum atomic E-state index is -1.82. The molecule has 0 spiro atoms.